The molecule has 24 heavy (non-hydrogen) atoms. The molecule has 0 amide bonds. The van der Waals surface area contributed by atoms with Crippen molar-refractivity contribution >= 4 is 0 Å². The molecular formula is C19H21F3O2. The van der Waals surface area contributed by atoms with Crippen LogP contribution in [0.4, 0.5) is 13.2 Å². The topological polar surface area (TPSA) is 29.5 Å². The highest BCUT2D eigenvalue weighted by atomic mass is 19.4. The summed E-state index contributed by atoms with van der Waals surface area (Å²) < 4.78 is 42.7. The van der Waals surface area contributed by atoms with Crippen molar-refractivity contribution in [2.75, 3.05) is 7.11 Å². The van der Waals surface area contributed by atoms with Crippen molar-refractivity contribution < 1.29 is 23.0 Å². The van der Waals surface area contributed by atoms with Gasteiger partial charge in [0.1, 0.15) is 0 Å². The first-order chi connectivity index (χ1) is 11.3. The Kier molecular flexibility index (Phi) is 5.75. The van der Waals surface area contributed by atoms with Crippen LogP contribution in [-0.4, -0.2) is 12.2 Å². The van der Waals surface area contributed by atoms with E-state index in [0.29, 0.717) is 11.7 Å². The fourth-order valence-corrected chi connectivity index (χ4v) is 2.63. The number of halogens is 3. The lowest BCUT2D eigenvalue weighted by molar-refractivity contribution is -0.137. The lowest BCUT2D eigenvalue weighted by atomic mass is 9.94. The minimum Gasteiger partial charge on any atom is -0.504 e. The zero-order valence-electron chi connectivity index (χ0n) is 13.7. The van der Waals surface area contributed by atoms with E-state index in [0.717, 1.165) is 42.5 Å². The molecule has 0 aliphatic rings. The number of aromatic hydroxyl groups is 1. The Balaban J connectivity index is 1.90. The Morgan fingerprint density at radius 1 is 1.04 bits per heavy atom. The fraction of sp³-hybridized carbons (Fsp3) is 0.368. The molecule has 0 fully saturated rings. The van der Waals surface area contributed by atoms with Gasteiger partial charge < -0.3 is 9.84 Å². The van der Waals surface area contributed by atoms with Crippen LogP contribution in [0.3, 0.4) is 0 Å². The lowest BCUT2D eigenvalue weighted by Gasteiger charge is -2.13. The minimum atomic E-state index is -4.29. The highest BCUT2D eigenvalue weighted by molar-refractivity contribution is 5.41. The summed E-state index contributed by atoms with van der Waals surface area (Å²) in [7, 11) is 1.51. The van der Waals surface area contributed by atoms with Crippen molar-refractivity contribution in [1.29, 1.82) is 0 Å². The van der Waals surface area contributed by atoms with Crippen LogP contribution in [0, 0.1) is 5.92 Å². The first-order valence-electron chi connectivity index (χ1n) is 7.81. The highest BCUT2D eigenvalue weighted by Gasteiger charge is 2.29. The molecule has 0 bridgehead atoms. The summed E-state index contributed by atoms with van der Waals surface area (Å²) >= 11 is 0. The van der Waals surface area contributed by atoms with Gasteiger partial charge >= 0.3 is 6.18 Å². The van der Waals surface area contributed by atoms with Crippen LogP contribution < -0.4 is 4.74 Å². The molecule has 5 heteroatoms. The van der Waals surface area contributed by atoms with Crippen LogP contribution in [-0.2, 0) is 19.0 Å². The summed E-state index contributed by atoms with van der Waals surface area (Å²) in [5, 5.41) is 9.60. The van der Waals surface area contributed by atoms with Crippen molar-refractivity contribution in [3.05, 3.63) is 59.2 Å². The zero-order chi connectivity index (χ0) is 17.7. The van der Waals surface area contributed by atoms with Gasteiger partial charge in [0.15, 0.2) is 11.5 Å². The maximum absolute atomic E-state index is 12.5. The summed E-state index contributed by atoms with van der Waals surface area (Å²) in [6.07, 6.45) is -1.87. The molecule has 2 rings (SSSR count). The average Bonchev–Trinajstić information content (AvgIpc) is 2.54. The highest BCUT2D eigenvalue weighted by Crippen LogP contribution is 2.30. The van der Waals surface area contributed by atoms with Crippen LogP contribution in [0.5, 0.6) is 11.5 Å². The summed E-state index contributed by atoms with van der Waals surface area (Å²) in [6, 6.07) is 10.6. The molecule has 0 aliphatic carbocycles. The van der Waals surface area contributed by atoms with E-state index in [2.05, 4.69) is 6.92 Å². The molecule has 0 aliphatic heterocycles. The Bertz CT molecular complexity index is 663. The third kappa shape index (κ3) is 4.91. The van der Waals surface area contributed by atoms with Crippen molar-refractivity contribution in [3.63, 3.8) is 0 Å². The lowest BCUT2D eigenvalue weighted by Crippen LogP contribution is -2.05. The zero-order valence-corrected chi connectivity index (χ0v) is 13.7. The summed E-state index contributed by atoms with van der Waals surface area (Å²) in [6.45, 7) is 2.10. The number of hydrogen-bond acceptors (Lipinski definition) is 2. The third-order valence-electron chi connectivity index (χ3n) is 4.04. The monoisotopic (exact) mass is 338 g/mol. The van der Waals surface area contributed by atoms with E-state index >= 15 is 0 Å². The molecule has 1 atom stereocenters. The third-order valence-corrected chi connectivity index (χ3v) is 4.04. The second-order valence-electron chi connectivity index (χ2n) is 6.05. The molecule has 0 spiro atoms. The molecular weight excluding hydrogens is 317 g/mol. The van der Waals surface area contributed by atoms with Crippen molar-refractivity contribution in [1.82, 2.24) is 0 Å². The number of aryl methyl sites for hydroxylation is 1. The van der Waals surface area contributed by atoms with Crippen molar-refractivity contribution in [3.8, 4) is 11.5 Å². The second-order valence-corrected chi connectivity index (χ2v) is 6.05. The molecule has 0 radical (unpaired) electrons. The number of benzene rings is 2. The average molecular weight is 338 g/mol. The first-order valence-corrected chi connectivity index (χ1v) is 7.81. The quantitative estimate of drug-likeness (QED) is 0.781. The predicted molar refractivity (Wildman–Crippen MR) is 87.3 cm³/mol. The standard InChI is InChI=1S/C19H21F3O2/c1-13(11-15-7-10-17(23)18(12-15)24-2)3-4-14-5-8-16(9-6-14)19(20,21)22/h5-10,12-13,23H,3-4,11H2,1-2H3/t13-/m0/s1. The molecule has 0 aromatic heterocycles. The van der Waals surface area contributed by atoms with Crippen LogP contribution in [0.1, 0.15) is 30.0 Å². The van der Waals surface area contributed by atoms with E-state index in [1.54, 1.807) is 18.2 Å². The molecule has 0 saturated carbocycles. The van der Waals surface area contributed by atoms with E-state index in [1.807, 2.05) is 12.1 Å². The molecule has 2 nitrogen and oxygen atoms in total. The van der Waals surface area contributed by atoms with E-state index < -0.39 is 11.7 Å². The number of phenols is 1. The van der Waals surface area contributed by atoms with Crippen LogP contribution >= 0.6 is 0 Å². The Hall–Kier alpha value is -2.17. The molecule has 0 saturated heterocycles. The molecule has 2 aromatic carbocycles. The molecule has 2 aromatic rings. The van der Waals surface area contributed by atoms with Crippen LogP contribution in [0.2, 0.25) is 0 Å². The second kappa shape index (κ2) is 7.60. The van der Waals surface area contributed by atoms with Gasteiger partial charge in [-0.05, 0) is 60.6 Å². The normalized spacial score (nSPS) is 12.9. The maximum atomic E-state index is 12.5. The van der Waals surface area contributed by atoms with Gasteiger partial charge in [-0.25, -0.2) is 0 Å². The van der Waals surface area contributed by atoms with Crippen LogP contribution in [0.25, 0.3) is 0 Å². The number of alkyl halides is 3. The van der Waals surface area contributed by atoms with E-state index in [4.69, 9.17) is 4.74 Å². The number of ether oxygens (including phenoxy) is 1. The van der Waals surface area contributed by atoms with Gasteiger partial charge in [0.2, 0.25) is 0 Å². The SMILES string of the molecule is COc1cc(C[C@@H](C)CCc2ccc(C(F)(F)F)cc2)ccc1O. The number of phenolic OH excluding ortho intramolecular Hbond substituents is 1. The molecule has 0 unspecified atom stereocenters. The largest absolute Gasteiger partial charge is 0.504 e. The molecule has 1 N–H and O–H groups in total. The van der Waals surface area contributed by atoms with Gasteiger partial charge in [0.25, 0.3) is 0 Å². The summed E-state index contributed by atoms with van der Waals surface area (Å²) in [5.41, 5.74) is 1.35. The van der Waals surface area contributed by atoms with Gasteiger partial charge in [-0.15, -0.1) is 0 Å². The van der Waals surface area contributed by atoms with E-state index in [1.165, 1.54) is 7.11 Å². The summed E-state index contributed by atoms with van der Waals surface area (Å²) in [5.74, 6) is 0.919. The Labute approximate surface area is 139 Å². The first kappa shape index (κ1) is 18.2. The van der Waals surface area contributed by atoms with Gasteiger partial charge in [0, 0.05) is 0 Å². The van der Waals surface area contributed by atoms with Crippen molar-refractivity contribution in [2.24, 2.45) is 5.92 Å². The number of methoxy groups -OCH3 is 1. The minimum absolute atomic E-state index is 0.110. The summed E-state index contributed by atoms with van der Waals surface area (Å²) in [4.78, 5) is 0. The Morgan fingerprint density at radius 2 is 1.67 bits per heavy atom. The predicted octanol–water partition coefficient (Wildman–Crippen LogP) is 5.23. The van der Waals surface area contributed by atoms with Crippen LogP contribution in [0.15, 0.2) is 42.5 Å². The fourth-order valence-electron chi connectivity index (χ4n) is 2.63. The van der Waals surface area contributed by atoms with Crippen molar-refractivity contribution in [2.45, 2.75) is 32.4 Å². The van der Waals surface area contributed by atoms with Gasteiger partial charge in [-0.1, -0.05) is 25.1 Å². The molecule has 130 valence electrons. The van der Waals surface area contributed by atoms with Gasteiger partial charge in [-0.2, -0.15) is 13.2 Å². The van der Waals surface area contributed by atoms with E-state index in [-0.39, 0.29) is 5.75 Å². The number of rotatable bonds is 6. The Morgan fingerprint density at radius 3 is 2.25 bits per heavy atom. The number of hydrogen-bond donors (Lipinski definition) is 1. The van der Waals surface area contributed by atoms with Gasteiger partial charge in [0.05, 0.1) is 12.7 Å². The smallest absolute Gasteiger partial charge is 0.416 e. The van der Waals surface area contributed by atoms with Gasteiger partial charge in [-0.3, -0.25) is 0 Å². The maximum Gasteiger partial charge on any atom is 0.416 e. The molecule has 0 heterocycles. The van der Waals surface area contributed by atoms with E-state index in [9.17, 15) is 18.3 Å².